The highest BCUT2D eigenvalue weighted by molar-refractivity contribution is 6.30. The van der Waals surface area contributed by atoms with Gasteiger partial charge >= 0.3 is 5.97 Å². The van der Waals surface area contributed by atoms with Gasteiger partial charge in [-0.3, -0.25) is 9.59 Å². The average molecular weight is 284 g/mol. The fraction of sp³-hybridized carbons (Fsp3) is 0.385. The van der Waals surface area contributed by atoms with Crippen LogP contribution < -0.4 is 0 Å². The number of hydrogen-bond donors (Lipinski definition) is 2. The van der Waals surface area contributed by atoms with E-state index in [1.807, 2.05) is 0 Å². The molecular formula is C13H14ClNO4. The Morgan fingerprint density at radius 3 is 2.74 bits per heavy atom. The lowest BCUT2D eigenvalue weighted by Crippen LogP contribution is -2.42. The number of likely N-dealkylation sites (tertiary alicyclic amines) is 1. The predicted molar refractivity (Wildman–Crippen MR) is 69.4 cm³/mol. The van der Waals surface area contributed by atoms with E-state index in [-0.39, 0.29) is 23.8 Å². The highest BCUT2D eigenvalue weighted by Crippen LogP contribution is 2.25. The number of aliphatic carboxylic acids is 1. The summed E-state index contributed by atoms with van der Waals surface area (Å²) in [6.07, 6.45) is 1.22. The molecule has 0 radical (unpaired) electrons. The molecule has 102 valence electrons. The zero-order chi connectivity index (χ0) is 14.0. The second kappa shape index (κ2) is 5.48. The highest BCUT2D eigenvalue weighted by atomic mass is 35.5. The monoisotopic (exact) mass is 283 g/mol. The van der Waals surface area contributed by atoms with Crippen molar-refractivity contribution < 1.29 is 19.8 Å². The molecule has 1 saturated heterocycles. The number of phenolic OH excluding ortho intramolecular Hbond substituents is 1. The number of carboxylic acids is 1. The SMILES string of the molecule is O=C(O)[C@H]1CCCN(C(=O)c2ccc(Cl)cc2O)C1. The molecule has 0 unspecified atom stereocenters. The molecule has 1 heterocycles. The molecule has 1 aromatic carbocycles. The van der Waals surface area contributed by atoms with Gasteiger partial charge in [0.15, 0.2) is 0 Å². The summed E-state index contributed by atoms with van der Waals surface area (Å²) in [5.74, 6) is -1.97. The Balaban J connectivity index is 2.17. The van der Waals surface area contributed by atoms with Gasteiger partial charge in [-0.15, -0.1) is 0 Å². The minimum Gasteiger partial charge on any atom is -0.507 e. The molecule has 0 bridgehead atoms. The van der Waals surface area contributed by atoms with Gasteiger partial charge in [0.25, 0.3) is 5.91 Å². The number of piperidine rings is 1. The van der Waals surface area contributed by atoms with Gasteiger partial charge in [0.05, 0.1) is 11.5 Å². The first-order valence-electron chi connectivity index (χ1n) is 5.99. The van der Waals surface area contributed by atoms with E-state index in [1.165, 1.54) is 23.1 Å². The average Bonchev–Trinajstić information content (AvgIpc) is 2.38. The summed E-state index contributed by atoms with van der Waals surface area (Å²) in [5, 5.41) is 19.1. The number of carboxylic acid groups (broad SMARTS) is 1. The van der Waals surface area contributed by atoms with E-state index in [0.29, 0.717) is 24.4 Å². The standard InChI is InChI=1S/C13H14ClNO4/c14-9-3-4-10(11(16)6-9)12(17)15-5-1-2-8(7-15)13(18)19/h3-4,6,8,16H,1-2,5,7H2,(H,18,19)/t8-/m0/s1. The zero-order valence-electron chi connectivity index (χ0n) is 10.2. The van der Waals surface area contributed by atoms with Crippen LogP contribution in [0.5, 0.6) is 5.75 Å². The lowest BCUT2D eigenvalue weighted by Gasteiger charge is -2.30. The first-order chi connectivity index (χ1) is 8.99. The Bertz CT molecular complexity index is 517. The van der Waals surface area contributed by atoms with Crippen LogP contribution in [0.1, 0.15) is 23.2 Å². The minimum atomic E-state index is -0.891. The molecule has 1 fully saturated rings. The van der Waals surface area contributed by atoms with Crippen molar-refractivity contribution in [3.8, 4) is 5.75 Å². The number of amides is 1. The third kappa shape index (κ3) is 2.98. The number of carbonyl (C=O) groups is 2. The molecular weight excluding hydrogens is 270 g/mol. The van der Waals surface area contributed by atoms with Crippen LogP contribution in [0.15, 0.2) is 18.2 Å². The molecule has 1 aromatic rings. The molecule has 2 rings (SSSR count). The number of benzene rings is 1. The molecule has 1 atom stereocenters. The largest absolute Gasteiger partial charge is 0.507 e. The Morgan fingerprint density at radius 2 is 2.11 bits per heavy atom. The normalized spacial score (nSPS) is 19.2. The van der Waals surface area contributed by atoms with Gasteiger partial charge in [-0.1, -0.05) is 11.6 Å². The lowest BCUT2D eigenvalue weighted by atomic mass is 9.97. The smallest absolute Gasteiger partial charge is 0.308 e. The maximum atomic E-state index is 12.2. The summed E-state index contributed by atoms with van der Waals surface area (Å²) in [6, 6.07) is 4.27. The maximum absolute atomic E-state index is 12.2. The summed E-state index contributed by atoms with van der Waals surface area (Å²) >= 11 is 5.71. The third-order valence-electron chi connectivity index (χ3n) is 3.25. The van der Waals surface area contributed by atoms with Crippen LogP contribution in [0.25, 0.3) is 0 Å². The van der Waals surface area contributed by atoms with E-state index < -0.39 is 11.9 Å². The maximum Gasteiger partial charge on any atom is 0.308 e. The Morgan fingerprint density at radius 1 is 1.37 bits per heavy atom. The predicted octanol–water partition coefficient (Wildman–Crippen LogP) is 1.98. The summed E-state index contributed by atoms with van der Waals surface area (Å²) in [6.45, 7) is 0.681. The van der Waals surface area contributed by atoms with Crippen molar-refractivity contribution >= 4 is 23.5 Å². The van der Waals surface area contributed by atoms with Crippen LogP contribution in [0.3, 0.4) is 0 Å². The number of phenols is 1. The van der Waals surface area contributed by atoms with E-state index in [1.54, 1.807) is 0 Å². The molecule has 1 aliphatic heterocycles. The van der Waals surface area contributed by atoms with Gasteiger partial charge < -0.3 is 15.1 Å². The zero-order valence-corrected chi connectivity index (χ0v) is 10.9. The van der Waals surface area contributed by atoms with Crippen LogP contribution in [0.2, 0.25) is 5.02 Å². The van der Waals surface area contributed by atoms with Crippen LogP contribution >= 0.6 is 11.6 Å². The highest BCUT2D eigenvalue weighted by Gasteiger charge is 2.29. The number of hydrogen-bond acceptors (Lipinski definition) is 3. The molecule has 0 saturated carbocycles. The van der Waals surface area contributed by atoms with E-state index >= 15 is 0 Å². The van der Waals surface area contributed by atoms with Gasteiger partial charge in [-0.2, -0.15) is 0 Å². The molecule has 1 aliphatic rings. The fourth-order valence-electron chi connectivity index (χ4n) is 2.22. The second-order valence-electron chi connectivity index (χ2n) is 4.59. The quantitative estimate of drug-likeness (QED) is 0.870. The van der Waals surface area contributed by atoms with Crippen LogP contribution in [-0.2, 0) is 4.79 Å². The molecule has 0 spiro atoms. The second-order valence-corrected chi connectivity index (χ2v) is 5.03. The summed E-state index contributed by atoms with van der Waals surface area (Å²) < 4.78 is 0. The number of nitrogens with zero attached hydrogens (tertiary/aromatic N) is 1. The van der Waals surface area contributed by atoms with Crippen molar-refractivity contribution in [1.82, 2.24) is 4.90 Å². The lowest BCUT2D eigenvalue weighted by molar-refractivity contribution is -0.143. The topological polar surface area (TPSA) is 77.8 Å². The van der Waals surface area contributed by atoms with Crippen LogP contribution in [0, 0.1) is 5.92 Å². The van der Waals surface area contributed by atoms with Crippen molar-refractivity contribution in [3.63, 3.8) is 0 Å². The summed E-state index contributed by atoms with van der Waals surface area (Å²) in [7, 11) is 0. The molecule has 19 heavy (non-hydrogen) atoms. The van der Waals surface area contributed by atoms with Gasteiger partial charge in [0, 0.05) is 18.1 Å². The van der Waals surface area contributed by atoms with Crippen LogP contribution in [0.4, 0.5) is 0 Å². The van der Waals surface area contributed by atoms with E-state index in [4.69, 9.17) is 16.7 Å². The molecule has 6 heteroatoms. The molecule has 5 nitrogen and oxygen atoms in total. The van der Waals surface area contributed by atoms with Crippen molar-refractivity contribution in [2.24, 2.45) is 5.92 Å². The molecule has 0 aromatic heterocycles. The number of halogens is 1. The van der Waals surface area contributed by atoms with E-state index in [9.17, 15) is 14.7 Å². The number of carbonyl (C=O) groups excluding carboxylic acids is 1. The van der Waals surface area contributed by atoms with Crippen molar-refractivity contribution in [2.75, 3.05) is 13.1 Å². The first kappa shape index (κ1) is 13.7. The Labute approximate surface area is 115 Å². The Hall–Kier alpha value is -1.75. The molecule has 2 N–H and O–H groups in total. The van der Waals surface area contributed by atoms with Gasteiger partial charge in [-0.05, 0) is 31.0 Å². The summed E-state index contributed by atoms with van der Waals surface area (Å²) in [4.78, 5) is 24.7. The van der Waals surface area contributed by atoms with E-state index in [2.05, 4.69) is 0 Å². The molecule has 0 aliphatic carbocycles. The van der Waals surface area contributed by atoms with Gasteiger partial charge in [0.1, 0.15) is 5.75 Å². The minimum absolute atomic E-state index is 0.149. The molecule has 1 amide bonds. The van der Waals surface area contributed by atoms with Crippen molar-refractivity contribution in [3.05, 3.63) is 28.8 Å². The number of rotatable bonds is 2. The fourth-order valence-corrected chi connectivity index (χ4v) is 2.39. The number of aromatic hydroxyl groups is 1. The van der Waals surface area contributed by atoms with Gasteiger partial charge in [-0.25, -0.2) is 0 Å². The first-order valence-corrected chi connectivity index (χ1v) is 6.37. The summed E-state index contributed by atoms with van der Waals surface area (Å²) in [5.41, 5.74) is 0.149. The van der Waals surface area contributed by atoms with E-state index in [0.717, 1.165) is 0 Å². The van der Waals surface area contributed by atoms with Gasteiger partial charge in [0.2, 0.25) is 0 Å². The Kier molecular flexibility index (Phi) is 3.95. The van der Waals surface area contributed by atoms with Crippen LogP contribution in [-0.4, -0.2) is 40.1 Å². The van der Waals surface area contributed by atoms with Crippen molar-refractivity contribution in [2.45, 2.75) is 12.8 Å². The third-order valence-corrected chi connectivity index (χ3v) is 3.48. The van der Waals surface area contributed by atoms with Crippen molar-refractivity contribution in [1.29, 1.82) is 0 Å².